The predicted molar refractivity (Wildman–Crippen MR) is 78.1 cm³/mol. The zero-order valence-corrected chi connectivity index (χ0v) is 11.7. The van der Waals surface area contributed by atoms with Gasteiger partial charge in [-0.05, 0) is 43.9 Å². The van der Waals surface area contributed by atoms with Crippen molar-refractivity contribution in [2.24, 2.45) is 11.1 Å². The summed E-state index contributed by atoms with van der Waals surface area (Å²) < 4.78 is 0. The van der Waals surface area contributed by atoms with Gasteiger partial charge in [-0.3, -0.25) is 4.79 Å². The monoisotopic (exact) mass is 260 g/mol. The largest absolute Gasteiger partial charge is 0.351 e. The standard InChI is InChI=1S/C16H24N2O/c1-13-6-5-7-14(10-13)15(19)18-12-16(11-17)8-3-2-4-9-16/h5-7,10H,2-4,8-9,11-12,17H2,1H3,(H,18,19). The highest BCUT2D eigenvalue weighted by Gasteiger charge is 2.30. The number of hydrogen-bond donors (Lipinski definition) is 2. The van der Waals surface area contributed by atoms with Gasteiger partial charge in [0.05, 0.1) is 0 Å². The zero-order chi connectivity index (χ0) is 13.7. The van der Waals surface area contributed by atoms with E-state index in [1.807, 2.05) is 31.2 Å². The van der Waals surface area contributed by atoms with Crippen molar-refractivity contribution in [1.29, 1.82) is 0 Å². The maximum Gasteiger partial charge on any atom is 0.251 e. The zero-order valence-electron chi connectivity index (χ0n) is 11.7. The lowest BCUT2D eigenvalue weighted by Crippen LogP contribution is -2.43. The molecule has 3 nitrogen and oxygen atoms in total. The number of nitrogens with one attached hydrogen (secondary N) is 1. The van der Waals surface area contributed by atoms with Crippen LogP contribution in [0.15, 0.2) is 24.3 Å². The molecule has 0 spiro atoms. The minimum absolute atomic E-state index is 0.0158. The van der Waals surface area contributed by atoms with E-state index in [1.165, 1.54) is 19.3 Å². The van der Waals surface area contributed by atoms with Gasteiger partial charge in [-0.15, -0.1) is 0 Å². The normalized spacial score (nSPS) is 18.0. The first-order chi connectivity index (χ1) is 9.15. The summed E-state index contributed by atoms with van der Waals surface area (Å²) in [7, 11) is 0. The summed E-state index contributed by atoms with van der Waals surface area (Å²) in [6, 6.07) is 7.70. The molecule has 1 fully saturated rings. The number of amides is 1. The van der Waals surface area contributed by atoms with Crippen molar-refractivity contribution in [2.45, 2.75) is 39.0 Å². The van der Waals surface area contributed by atoms with Gasteiger partial charge in [-0.25, -0.2) is 0 Å². The Labute approximate surface area is 115 Å². The van der Waals surface area contributed by atoms with Crippen molar-refractivity contribution >= 4 is 5.91 Å². The van der Waals surface area contributed by atoms with Crippen LogP contribution in [0.2, 0.25) is 0 Å². The Balaban J connectivity index is 1.95. The molecular formula is C16H24N2O. The van der Waals surface area contributed by atoms with Crippen LogP contribution in [0.25, 0.3) is 0 Å². The molecule has 0 atom stereocenters. The van der Waals surface area contributed by atoms with Crippen molar-refractivity contribution in [3.8, 4) is 0 Å². The third kappa shape index (κ3) is 3.57. The van der Waals surface area contributed by atoms with Crippen LogP contribution in [0, 0.1) is 12.3 Å². The van der Waals surface area contributed by atoms with Crippen LogP contribution in [-0.2, 0) is 0 Å². The highest BCUT2D eigenvalue weighted by Crippen LogP contribution is 2.34. The smallest absolute Gasteiger partial charge is 0.251 e. The van der Waals surface area contributed by atoms with Gasteiger partial charge in [-0.1, -0.05) is 37.0 Å². The second kappa shape index (κ2) is 6.20. The predicted octanol–water partition coefficient (Wildman–Crippen LogP) is 2.63. The fourth-order valence-corrected chi connectivity index (χ4v) is 2.91. The summed E-state index contributed by atoms with van der Waals surface area (Å²) in [5.74, 6) is 0.0158. The average Bonchev–Trinajstić information content (AvgIpc) is 2.46. The average molecular weight is 260 g/mol. The van der Waals surface area contributed by atoms with Gasteiger partial charge >= 0.3 is 0 Å². The summed E-state index contributed by atoms with van der Waals surface area (Å²) >= 11 is 0. The molecule has 0 saturated heterocycles. The van der Waals surface area contributed by atoms with Gasteiger partial charge in [0.2, 0.25) is 0 Å². The third-order valence-corrected chi connectivity index (χ3v) is 4.25. The number of carbonyl (C=O) groups is 1. The molecule has 1 aromatic carbocycles. The van der Waals surface area contributed by atoms with E-state index in [0.29, 0.717) is 13.1 Å². The molecule has 1 aromatic rings. The molecule has 1 aliphatic carbocycles. The molecule has 0 aromatic heterocycles. The van der Waals surface area contributed by atoms with Gasteiger partial charge < -0.3 is 11.1 Å². The molecule has 104 valence electrons. The first-order valence-electron chi connectivity index (χ1n) is 7.20. The summed E-state index contributed by atoms with van der Waals surface area (Å²) in [5, 5.41) is 3.07. The maximum atomic E-state index is 12.1. The van der Waals surface area contributed by atoms with E-state index in [0.717, 1.165) is 24.0 Å². The quantitative estimate of drug-likeness (QED) is 0.874. The Morgan fingerprint density at radius 2 is 2.05 bits per heavy atom. The molecule has 0 unspecified atom stereocenters. The van der Waals surface area contributed by atoms with E-state index in [4.69, 9.17) is 5.73 Å². The van der Waals surface area contributed by atoms with E-state index >= 15 is 0 Å². The number of rotatable bonds is 4. The molecule has 0 bridgehead atoms. The fourth-order valence-electron chi connectivity index (χ4n) is 2.91. The molecule has 0 radical (unpaired) electrons. The molecule has 1 aliphatic rings. The molecule has 0 aliphatic heterocycles. The molecular weight excluding hydrogens is 236 g/mol. The van der Waals surface area contributed by atoms with E-state index in [1.54, 1.807) is 0 Å². The molecule has 3 heteroatoms. The Morgan fingerprint density at radius 3 is 2.68 bits per heavy atom. The van der Waals surface area contributed by atoms with Crippen LogP contribution in [-0.4, -0.2) is 19.0 Å². The van der Waals surface area contributed by atoms with Crippen molar-refractivity contribution in [2.75, 3.05) is 13.1 Å². The molecule has 3 N–H and O–H groups in total. The maximum absolute atomic E-state index is 12.1. The van der Waals surface area contributed by atoms with Gasteiger partial charge in [0.1, 0.15) is 0 Å². The van der Waals surface area contributed by atoms with E-state index in [2.05, 4.69) is 5.32 Å². The number of hydrogen-bond acceptors (Lipinski definition) is 2. The SMILES string of the molecule is Cc1cccc(C(=O)NCC2(CN)CCCCC2)c1. The van der Waals surface area contributed by atoms with Gasteiger partial charge in [-0.2, -0.15) is 0 Å². The van der Waals surface area contributed by atoms with Crippen LogP contribution in [0.3, 0.4) is 0 Å². The summed E-state index contributed by atoms with van der Waals surface area (Å²) in [4.78, 5) is 12.1. The Kier molecular flexibility index (Phi) is 4.59. The van der Waals surface area contributed by atoms with Gasteiger partial charge in [0.25, 0.3) is 5.91 Å². The number of nitrogens with two attached hydrogens (primary N) is 1. The summed E-state index contributed by atoms with van der Waals surface area (Å²) in [6.45, 7) is 3.37. The molecule has 0 heterocycles. The van der Waals surface area contributed by atoms with E-state index in [-0.39, 0.29) is 11.3 Å². The molecule has 2 rings (SSSR count). The lowest BCUT2D eigenvalue weighted by molar-refractivity contribution is 0.0914. The van der Waals surface area contributed by atoms with Gasteiger partial charge in [0.15, 0.2) is 0 Å². The highest BCUT2D eigenvalue weighted by molar-refractivity contribution is 5.94. The lowest BCUT2D eigenvalue weighted by atomic mass is 9.74. The van der Waals surface area contributed by atoms with Gasteiger partial charge in [0, 0.05) is 12.1 Å². The van der Waals surface area contributed by atoms with Crippen LogP contribution < -0.4 is 11.1 Å². The van der Waals surface area contributed by atoms with Crippen molar-refractivity contribution in [3.05, 3.63) is 35.4 Å². The van der Waals surface area contributed by atoms with E-state index < -0.39 is 0 Å². The second-order valence-corrected chi connectivity index (χ2v) is 5.82. The van der Waals surface area contributed by atoms with Crippen LogP contribution in [0.5, 0.6) is 0 Å². The first-order valence-corrected chi connectivity index (χ1v) is 7.20. The highest BCUT2D eigenvalue weighted by atomic mass is 16.1. The minimum atomic E-state index is 0.0158. The molecule has 1 saturated carbocycles. The summed E-state index contributed by atoms with van der Waals surface area (Å²) in [5.41, 5.74) is 7.91. The lowest BCUT2D eigenvalue weighted by Gasteiger charge is -2.36. The van der Waals surface area contributed by atoms with Crippen molar-refractivity contribution < 1.29 is 4.79 Å². The first kappa shape index (κ1) is 14.1. The topological polar surface area (TPSA) is 55.1 Å². The van der Waals surface area contributed by atoms with Crippen molar-refractivity contribution in [1.82, 2.24) is 5.32 Å². The Hall–Kier alpha value is -1.35. The number of benzene rings is 1. The van der Waals surface area contributed by atoms with Crippen LogP contribution in [0.4, 0.5) is 0 Å². The Morgan fingerprint density at radius 1 is 1.32 bits per heavy atom. The third-order valence-electron chi connectivity index (χ3n) is 4.25. The minimum Gasteiger partial charge on any atom is -0.351 e. The van der Waals surface area contributed by atoms with Crippen molar-refractivity contribution in [3.63, 3.8) is 0 Å². The van der Waals surface area contributed by atoms with E-state index in [9.17, 15) is 4.79 Å². The Bertz CT molecular complexity index is 436. The number of aryl methyl sites for hydroxylation is 1. The van der Waals surface area contributed by atoms with Crippen LogP contribution in [0.1, 0.15) is 48.0 Å². The fraction of sp³-hybridized carbons (Fsp3) is 0.562. The molecule has 19 heavy (non-hydrogen) atoms. The van der Waals surface area contributed by atoms with Crippen LogP contribution >= 0.6 is 0 Å². The molecule has 1 amide bonds. The summed E-state index contributed by atoms with van der Waals surface area (Å²) in [6.07, 6.45) is 6.04. The number of carbonyl (C=O) groups excluding carboxylic acids is 1. The second-order valence-electron chi connectivity index (χ2n) is 5.82.